The molecule has 4 heteroatoms. The molecular formula is C5H9CuO3. The van der Waals surface area contributed by atoms with Crippen LogP contribution in [0.2, 0.25) is 0 Å². The SMILES string of the molecule is CC(=O)O.CC[C-]=O.[Cu+]. The van der Waals surface area contributed by atoms with Crippen LogP contribution in [0, 0.1) is 0 Å². The minimum Gasteiger partial charge on any atom is -0.542 e. The van der Waals surface area contributed by atoms with Gasteiger partial charge in [-0.05, 0) is 0 Å². The Morgan fingerprint density at radius 3 is 1.78 bits per heavy atom. The maximum absolute atomic E-state index is 9.05. The zero-order valence-electron chi connectivity index (χ0n) is 5.27. The summed E-state index contributed by atoms with van der Waals surface area (Å²) in [4.78, 5) is 18.0. The number of hydrogen-bond donors (Lipinski definition) is 1. The molecule has 0 radical (unpaired) electrons. The molecular weight excluding hydrogens is 172 g/mol. The van der Waals surface area contributed by atoms with E-state index in [4.69, 9.17) is 14.7 Å². The van der Waals surface area contributed by atoms with Gasteiger partial charge in [-0.15, -0.1) is 0 Å². The molecule has 0 heterocycles. The predicted molar refractivity (Wildman–Crippen MR) is 29.3 cm³/mol. The Kier molecular flexibility index (Phi) is 27.6. The van der Waals surface area contributed by atoms with Crippen LogP contribution in [0.15, 0.2) is 0 Å². The molecule has 0 fully saturated rings. The molecule has 0 aliphatic carbocycles. The first-order chi connectivity index (χ1) is 3.65. The number of carboxylic acid groups (broad SMARTS) is 1. The fraction of sp³-hybridized carbons (Fsp3) is 0.600. The number of rotatable bonds is 1. The molecule has 0 saturated carbocycles. The summed E-state index contributed by atoms with van der Waals surface area (Å²) in [6.07, 6.45) is 2.19. The third-order valence-corrected chi connectivity index (χ3v) is 0.144. The standard InChI is InChI=1S/C3H5O.C2H4O2.Cu/c1-2-3-4;1-2(3)4;/h2H2,1H3;1H3,(H,3,4);/q-1;;+1. The van der Waals surface area contributed by atoms with Crippen LogP contribution in [0.3, 0.4) is 0 Å². The molecule has 0 amide bonds. The first-order valence-corrected chi connectivity index (χ1v) is 2.19. The average Bonchev–Trinajstić information content (AvgIpc) is 1.65. The average molecular weight is 181 g/mol. The van der Waals surface area contributed by atoms with Crippen molar-refractivity contribution in [1.82, 2.24) is 0 Å². The van der Waals surface area contributed by atoms with Crippen molar-refractivity contribution in [3.05, 3.63) is 0 Å². The number of hydrogen-bond acceptors (Lipinski definition) is 2. The van der Waals surface area contributed by atoms with E-state index in [-0.39, 0.29) is 17.1 Å². The number of carbonyl (C=O) groups is 1. The van der Waals surface area contributed by atoms with E-state index in [0.717, 1.165) is 6.92 Å². The zero-order valence-corrected chi connectivity index (χ0v) is 6.21. The van der Waals surface area contributed by atoms with Gasteiger partial charge in [-0.25, -0.2) is 0 Å². The molecule has 9 heavy (non-hydrogen) atoms. The second-order valence-corrected chi connectivity index (χ2v) is 1.02. The van der Waals surface area contributed by atoms with Crippen LogP contribution in [0.25, 0.3) is 0 Å². The van der Waals surface area contributed by atoms with Gasteiger partial charge < -0.3 is 9.90 Å². The summed E-state index contributed by atoms with van der Waals surface area (Å²) in [5.74, 6) is -0.833. The second kappa shape index (κ2) is 15.6. The van der Waals surface area contributed by atoms with Gasteiger partial charge in [-0.1, -0.05) is 6.92 Å². The van der Waals surface area contributed by atoms with Crippen LogP contribution >= 0.6 is 0 Å². The van der Waals surface area contributed by atoms with E-state index in [2.05, 4.69) is 0 Å². The first-order valence-electron chi connectivity index (χ1n) is 2.19. The van der Waals surface area contributed by atoms with Crippen molar-refractivity contribution in [2.45, 2.75) is 20.3 Å². The van der Waals surface area contributed by atoms with Crippen LogP contribution in [-0.4, -0.2) is 17.4 Å². The number of carboxylic acids is 1. The monoisotopic (exact) mass is 180 g/mol. The molecule has 0 aliphatic heterocycles. The summed E-state index contributed by atoms with van der Waals surface area (Å²) < 4.78 is 0. The van der Waals surface area contributed by atoms with Gasteiger partial charge in [-0.2, -0.15) is 6.42 Å². The van der Waals surface area contributed by atoms with Gasteiger partial charge in [0.15, 0.2) is 0 Å². The van der Waals surface area contributed by atoms with Crippen LogP contribution in [0.5, 0.6) is 0 Å². The van der Waals surface area contributed by atoms with Gasteiger partial charge in [0, 0.05) is 6.92 Å². The van der Waals surface area contributed by atoms with E-state index in [9.17, 15) is 0 Å². The van der Waals surface area contributed by atoms with E-state index in [1.807, 2.05) is 0 Å². The molecule has 0 saturated heterocycles. The number of aliphatic carboxylic acids is 1. The third-order valence-electron chi connectivity index (χ3n) is 0.144. The Morgan fingerprint density at radius 2 is 1.78 bits per heavy atom. The summed E-state index contributed by atoms with van der Waals surface area (Å²) >= 11 is 0. The fourth-order valence-corrected chi connectivity index (χ4v) is 0. The van der Waals surface area contributed by atoms with Gasteiger partial charge in [-0.3, -0.25) is 11.1 Å². The van der Waals surface area contributed by atoms with E-state index >= 15 is 0 Å². The summed E-state index contributed by atoms with van der Waals surface area (Å²) in [5, 5.41) is 7.42. The van der Waals surface area contributed by atoms with E-state index in [1.54, 1.807) is 13.2 Å². The maximum Gasteiger partial charge on any atom is 1.00 e. The van der Waals surface area contributed by atoms with Gasteiger partial charge >= 0.3 is 17.1 Å². The topological polar surface area (TPSA) is 54.4 Å². The largest absolute Gasteiger partial charge is 1.00 e. The van der Waals surface area contributed by atoms with Crippen molar-refractivity contribution in [3.8, 4) is 0 Å². The molecule has 0 aromatic carbocycles. The normalized spacial score (nSPS) is 5.56. The van der Waals surface area contributed by atoms with Crippen molar-refractivity contribution < 1.29 is 31.8 Å². The van der Waals surface area contributed by atoms with Crippen LogP contribution < -0.4 is 0 Å². The molecule has 0 unspecified atom stereocenters. The molecule has 0 spiro atoms. The maximum atomic E-state index is 9.05. The van der Waals surface area contributed by atoms with Gasteiger partial charge in [0.2, 0.25) is 0 Å². The Morgan fingerprint density at radius 1 is 1.67 bits per heavy atom. The van der Waals surface area contributed by atoms with Gasteiger partial charge in [0.25, 0.3) is 5.97 Å². The molecule has 0 rings (SSSR count). The molecule has 3 nitrogen and oxygen atoms in total. The first kappa shape index (κ1) is 15.9. The molecule has 0 aromatic rings. The molecule has 0 atom stereocenters. The summed E-state index contributed by atoms with van der Waals surface area (Å²) in [5.41, 5.74) is 0. The quantitative estimate of drug-likeness (QED) is 0.475. The molecule has 58 valence electrons. The van der Waals surface area contributed by atoms with E-state index in [1.165, 1.54) is 0 Å². The molecule has 0 aliphatic rings. The summed E-state index contributed by atoms with van der Waals surface area (Å²) in [6.45, 7) is 2.84. The Labute approximate surface area is 64.9 Å². The van der Waals surface area contributed by atoms with E-state index < -0.39 is 5.97 Å². The molecule has 0 bridgehead atoms. The van der Waals surface area contributed by atoms with Crippen LogP contribution in [0.4, 0.5) is 0 Å². The predicted octanol–water partition coefficient (Wildman–Crippen LogP) is 0.595. The van der Waals surface area contributed by atoms with E-state index in [0.29, 0.717) is 6.42 Å². The van der Waals surface area contributed by atoms with Gasteiger partial charge in [0.1, 0.15) is 0 Å². The van der Waals surface area contributed by atoms with Crippen LogP contribution in [-0.2, 0) is 26.7 Å². The third kappa shape index (κ3) is 564. The second-order valence-electron chi connectivity index (χ2n) is 1.02. The summed E-state index contributed by atoms with van der Waals surface area (Å²) in [7, 11) is 0. The Balaban J connectivity index is -0.0000000720. The van der Waals surface area contributed by atoms with Crippen LogP contribution in [0.1, 0.15) is 20.3 Å². The molecule has 1 N–H and O–H groups in total. The zero-order chi connectivity index (χ0) is 6.99. The van der Waals surface area contributed by atoms with Gasteiger partial charge in [0.05, 0.1) is 0 Å². The van der Waals surface area contributed by atoms with Crippen molar-refractivity contribution in [3.63, 3.8) is 0 Å². The number of carbonyl (C=O) groups excluding carboxylic acids is 1. The minimum absolute atomic E-state index is 0. The minimum atomic E-state index is -0.833. The smallest absolute Gasteiger partial charge is 0.542 e. The van der Waals surface area contributed by atoms with Crippen molar-refractivity contribution in [2.75, 3.05) is 0 Å². The van der Waals surface area contributed by atoms with Crippen molar-refractivity contribution in [2.24, 2.45) is 0 Å². The Hall–Kier alpha value is -0.341. The fourth-order valence-electron chi connectivity index (χ4n) is 0. The molecule has 0 aromatic heterocycles. The van der Waals surface area contributed by atoms with Crippen molar-refractivity contribution >= 4 is 12.3 Å². The summed E-state index contributed by atoms with van der Waals surface area (Å²) in [6, 6.07) is 0. The van der Waals surface area contributed by atoms with Crippen molar-refractivity contribution in [1.29, 1.82) is 0 Å². The Bertz CT molecular complexity index is 68.6.